The molecule has 0 saturated heterocycles. The van der Waals surface area contributed by atoms with Crippen LogP contribution in [0.3, 0.4) is 0 Å². The Kier molecular flexibility index (Phi) is 3.82. The van der Waals surface area contributed by atoms with Gasteiger partial charge in [-0.05, 0) is 13.0 Å². The number of esters is 1. The second-order valence-electron chi connectivity index (χ2n) is 3.91. The van der Waals surface area contributed by atoms with Gasteiger partial charge in [0.2, 0.25) is 0 Å². The van der Waals surface area contributed by atoms with Gasteiger partial charge in [0.05, 0.1) is 19.8 Å². The number of para-hydroxylation sites is 1. The summed E-state index contributed by atoms with van der Waals surface area (Å²) in [5, 5.41) is 4.02. The Morgan fingerprint density at radius 3 is 3.00 bits per heavy atom. The molecule has 1 aromatic rings. The molecule has 0 aliphatic carbocycles. The number of carbonyl (C=O) groups excluding carboxylic acids is 1. The van der Waals surface area contributed by atoms with Crippen LogP contribution in [-0.4, -0.2) is 25.4 Å². The first kappa shape index (κ1) is 12.4. The zero-order valence-corrected chi connectivity index (χ0v) is 10.5. The Labute approximate surface area is 106 Å². The number of carbonyl (C=O) groups is 1. The Morgan fingerprint density at radius 1 is 1.50 bits per heavy atom. The van der Waals surface area contributed by atoms with Crippen molar-refractivity contribution in [2.24, 2.45) is 5.10 Å². The van der Waals surface area contributed by atoms with Crippen molar-refractivity contribution in [3.05, 3.63) is 29.8 Å². The first-order valence-corrected chi connectivity index (χ1v) is 5.88. The van der Waals surface area contributed by atoms with Crippen LogP contribution >= 0.6 is 0 Å². The predicted octanol–water partition coefficient (Wildman–Crippen LogP) is 1.65. The number of nitrogens with one attached hydrogen (secondary N) is 1. The van der Waals surface area contributed by atoms with Crippen LogP contribution in [0.4, 0.5) is 0 Å². The Morgan fingerprint density at radius 2 is 2.28 bits per heavy atom. The van der Waals surface area contributed by atoms with Crippen LogP contribution in [0.1, 0.15) is 24.9 Å². The van der Waals surface area contributed by atoms with E-state index in [9.17, 15) is 4.79 Å². The summed E-state index contributed by atoms with van der Waals surface area (Å²) in [5.74, 6) is 0.428. The van der Waals surface area contributed by atoms with Gasteiger partial charge < -0.3 is 14.9 Å². The molecule has 5 nitrogen and oxygen atoms in total. The number of hydrogen-bond donors (Lipinski definition) is 1. The molecule has 0 aromatic heterocycles. The monoisotopic (exact) mass is 248 g/mol. The Bertz CT molecular complexity index is 471. The lowest BCUT2D eigenvalue weighted by Crippen LogP contribution is -2.16. The van der Waals surface area contributed by atoms with Crippen molar-refractivity contribution < 1.29 is 14.3 Å². The lowest BCUT2D eigenvalue weighted by molar-refractivity contribution is -0.135. The van der Waals surface area contributed by atoms with Crippen LogP contribution in [0.25, 0.3) is 0 Å². The molecule has 1 N–H and O–H groups in total. The molecule has 96 valence electrons. The molecule has 2 rings (SSSR count). The third kappa shape index (κ3) is 2.45. The molecular formula is C13H16N2O3. The lowest BCUT2D eigenvalue weighted by atomic mass is 10.0. The average Bonchev–Trinajstić information content (AvgIpc) is 2.88. The number of rotatable bonds is 4. The van der Waals surface area contributed by atoms with E-state index in [0.717, 1.165) is 11.3 Å². The quantitative estimate of drug-likeness (QED) is 0.823. The fraction of sp³-hybridized carbons (Fsp3) is 0.385. The van der Waals surface area contributed by atoms with E-state index in [2.05, 4.69) is 10.5 Å². The summed E-state index contributed by atoms with van der Waals surface area (Å²) in [6.45, 7) is 2.13. The lowest BCUT2D eigenvalue weighted by Gasteiger charge is -2.13. The molecule has 1 aromatic carbocycles. The maximum Gasteiger partial charge on any atom is 0.354 e. The predicted molar refractivity (Wildman–Crippen MR) is 67.6 cm³/mol. The summed E-state index contributed by atoms with van der Waals surface area (Å²) in [5.41, 5.74) is 4.36. The zero-order chi connectivity index (χ0) is 13.0. The number of nitrogens with zero attached hydrogens (tertiary/aromatic N) is 1. The van der Waals surface area contributed by atoms with Crippen molar-refractivity contribution in [2.45, 2.75) is 19.4 Å². The van der Waals surface area contributed by atoms with Gasteiger partial charge in [0, 0.05) is 12.0 Å². The highest BCUT2D eigenvalue weighted by molar-refractivity contribution is 6.36. The minimum absolute atomic E-state index is 0.0412. The summed E-state index contributed by atoms with van der Waals surface area (Å²) in [6.07, 6.45) is 0.513. The number of methoxy groups -OCH3 is 1. The molecule has 0 amide bonds. The highest BCUT2D eigenvalue weighted by Gasteiger charge is 2.27. The van der Waals surface area contributed by atoms with E-state index in [4.69, 9.17) is 9.47 Å². The van der Waals surface area contributed by atoms with Crippen LogP contribution < -0.4 is 10.2 Å². The summed E-state index contributed by atoms with van der Waals surface area (Å²) in [4.78, 5) is 11.6. The van der Waals surface area contributed by atoms with E-state index in [1.165, 1.54) is 0 Å². The third-order valence-electron chi connectivity index (χ3n) is 2.78. The Hall–Kier alpha value is -2.04. The maximum absolute atomic E-state index is 11.6. The van der Waals surface area contributed by atoms with Crippen molar-refractivity contribution in [1.82, 2.24) is 5.43 Å². The van der Waals surface area contributed by atoms with E-state index >= 15 is 0 Å². The van der Waals surface area contributed by atoms with Gasteiger partial charge in [-0.1, -0.05) is 18.2 Å². The standard InChI is InChI=1S/C13H16N2O3/c1-3-18-13(16)11-8-10(14-15-11)9-6-4-5-7-12(9)17-2/h4-7,10,14H,3,8H2,1-2H3. The van der Waals surface area contributed by atoms with Crippen LogP contribution in [0.2, 0.25) is 0 Å². The van der Waals surface area contributed by atoms with Crippen molar-refractivity contribution >= 4 is 11.7 Å². The maximum atomic E-state index is 11.6. The largest absolute Gasteiger partial charge is 0.496 e. The highest BCUT2D eigenvalue weighted by atomic mass is 16.5. The summed E-state index contributed by atoms with van der Waals surface area (Å²) in [6, 6.07) is 7.65. The normalized spacial score (nSPS) is 17.9. The number of benzene rings is 1. The minimum Gasteiger partial charge on any atom is -0.496 e. The first-order chi connectivity index (χ1) is 8.76. The van der Waals surface area contributed by atoms with Crippen molar-refractivity contribution in [1.29, 1.82) is 0 Å². The third-order valence-corrected chi connectivity index (χ3v) is 2.78. The van der Waals surface area contributed by atoms with E-state index in [1.807, 2.05) is 24.3 Å². The van der Waals surface area contributed by atoms with Crippen LogP contribution in [0.15, 0.2) is 29.4 Å². The Balaban J connectivity index is 2.09. The molecule has 5 heteroatoms. The SMILES string of the molecule is CCOC(=O)C1=NNC(c2ccccc2OC)C1. The molecule has 0 bridgehead atoms. The fourth-order valence-corrected chi connectivity index (χ4v) is 1.92. The molecule has 0 radical (unpaired) electrons. The van der Waals surface area contributed by atoms with Crippen LogP contribution in [-0.2, 0) is 9.53 Å². The average molecular weight is 248 g/mol. The molecule has 0 spiro atoms. The number of ether oxygens (including phenoxy) is 2. The van der Waals surface area contributed by atoms with Gasteiger partial charge in [-0.2, -0.15) is 5.10 Å². The second kappa shape index (κ2) is 5.53. The number of hydrazone groups is 1. The molecule has 18 heavy (non-hydrogen) atoms. The van der Waals surface area contributed by atoms with Crippen LogP contribution in [0.5, 0.6) is 5.75 Å². The van der Waals surface area contributed by atoms with Gasteiger partial charge in [-0.15, -0.1) is 0 Å². The summed E-state index contributed by atoms with van der Waals surface area (Å²) >= 11 is 0. The van der Waals surface area contributed by atoms with E-state index in [0.29, 0.717) is 18.7 Å². The highest BCUT2D eigenvalue weighted by Crippen LogP contribution is 2.29. The van der Waals surface area contributed by atoms with E-state index in [-0.39, 0.29) is 12.0 Å². The zero-order valence-electron chi connectivity index (χ0n) is 10.5. The first-order valence-electron chi connectivity index (χ1n) is 5.88. The van der Waals surface area contributed by atoms with Gasteiger partial charge in [-0.3, -0.25) is 0 Å². The molecule has 0 saturated carbocycles. The van der Waals surface area contributed by atoms with Crippen molar-refractivity contribution in [3.63, 3.8) is 0 Å². The summed E-state index contributed by atoms with van der Waals surface area (Å²) < 4.78 is 10.2. The smallest absolute Gasteiger partial charge is 0.354 e. The molecular weight excluding hydrogens is 232 g/mol. The number of hydrogen-bond acceptors (Lipinski definition) is 5. The molecule has 1 atom stereocenters. The van der Waals surface area contributed by atoms with E-state index < -0.39 is 0 Å². The molecule has 1 aliphatic heterocycles. The topological polar surface area (TPSA) is 59.9 Å². The van der Waals surface area contributed by atoms with Crippen molar-refractivity contribution in [3.8, 4) is 5.75 Å². The molecule has 1 heterocycles. The van der Waals surface area contributed by atoms with Gasteiger partial charge in [0.1, 0.15) is 11.5 Å². The minimum atomic E-state index is -0.359. The second-order valence-corrected chi connectivity index (χ2v) is 3.91. The fourth-order valence-electron chi connectivity index (χ4n) is 1.92. The van der Waals surface area contributed by atoms with E-state index in [1.54, 1.807) is 14.0 Å². The van der Waals surface area contributed by atoms with Crippen LogP contribution in [0, 0.1) is 0 Å². The van der Waals surface area contributed by atoms with Crippen molar-refractivity contribution in [2.75, 3.05) is 13.7 Å². The summed E-state index contributed by atoms with van der Waals surface area (Å²) in [7, 11) is 1.63. The van der Waals surface area contributed by atoms with Gasteiger partial charge in [0.25, 0.3) is 0 Å². The van der Waals surface area contributed by atoms with Gasteiger partial charge in [0.15, 0.2) is 0 Å². The van der Waals surface area contributed by atoms with Gasteiger partial charge >= 0.3 is 5.97 Å². The molecule has 1 aliphatic rings. The van der Waals surface area contributed by atoms with Gasteiger partial charge in [-0.25, -0.2) is 4.79 Å². The molecule has 1 unspecified atom stereocenters. The molecule has 0 fully saturated rings.